The molecule has 2 heterocycles. The lowest BCUT2D eigenvalue weighted by Gasteiger charge is -1.88. The van der Waals surface area contributed by atoms with E-state index in [1.165, 1.54) is 11.3 Å². The summed E-state index contributed by atoms with van der Waals surface area (Å²) in [6.07, 6.45) is 0. The molecule has 0 spiro atoms. The van der Waals surface area contributed by atoms with Gasteiger partial charge in [0.15, 0.2) is 5.82 Å². The first kappa shape index (κ1) is 9.17. The molecule has 14 heavy (non-hydrogen) atoms. The first-order chi connectivity index (χ1) is 6.81. The molecule has 0 saturated carbocycles. The fraction of sp³-hybridized carbons (Fsp3) is 0.250. The van der Waals surface area contributed by atoms with Crippen LogP contribution in [-0.2, 0) is 11.3 Å². The number of hydrogen-bond acceptors (Lipinski definition) is 6. The number of methoxy groups -OCH3 is 1. The molecule has 5 nitrogen and oxygen atoms in total. The van der Waals surface area contributed by atoms with E-state index in [4.69, 9.17) is 9.26 Å². The fourth-order valence-electron chi connectivity index (χ4n) is 0.996. The molecule has 0 aliphatic rings. The number of nitrogens with zero attached hydrogens (tertiary/aromatic N) is 2. The molecule has 74 valence electrons. The molecular formula is C8H8N2O3S. The summed E-state index contributed by atoms with van der Waals surface area (Å²) in [5, 5.41) is 14.8. The molecule has 0 bridgehead atoms. The van der Waals surface area contributed by atoms with Gasteiger partial charge in [-0.25, -0.2) is 0 Å². The van der Waals surface area contributed by atoms with E-state index >= 15 is 0 Å². The molecule has 2 rings (SSSR count). The van der Waals surface area contributed by atoms with Gasteiger partial charge in [0.1, 0.15) is 17.2 Å². The summed E-state index contributed by atoms with van der Waals surface area (Å²) in [4.78, 5) is 4.63. The van der Waals surface area contributed by atoms with Crippen molar-refractivity contribution in [3.05, 3.63) is 17.3 Å². The Morgan fingerprint density at radius 2 is 2.50 bits per heavy atom. The van der Waals surface area contributed by atoms with Gasteiger partial charge in [0.05, 0.1) is 0 Å². The zero-order valence-electron chi connectivity index (χ0n) is 7.43. The Morgan fingerprint density at radius 1 is 1.64 bits per heavy atom. The Morgan fingerprint density at radius 3 is 3.14 bits per heavy atom. The van der Waals surface area contributed by atoms with Gasteiger partial charge in [-0.3, -0.25) is 0 Å². The van der Waals surface area contributed by atoms with Crippen LogP contribution in [0.15, 0.2) is 16.0 Å². The van der Waals surface area contributed by atoms with Crippen LogP contribution in [0, 0.1) is 0 Å². The molecule has 1 N–H and O–H groups in total. The average molecular weight is 212 g/mol. The lowest BCUT2D eigenvalue weighted by molar-refractivity contribution is 0.174. The number of rotatable bonds is 3. The second kappa shape index (κ2) is 3.77. The predicted octanol–water partition coefficient (Wildman–Crippen LogP) is 1.65. The van der Waals surface area contributed by atoms with E-state index in [1.807, 2.05) is 0 Å². The molecule has 0 amide bonds. The third-order valence-electron chi connectivity index (χ3n) is 1.58. The second-order valence-corrected chi connectivity index (χ2v) is 3.50. The number of hydrogen-bond donors (Lipinski definition) is 1. The van der Waals surface area contributed by atoms with E-state index in [2.05, 4.69) is 10.1 Å². The Kier molecular flexibility index (Phi) is 2.47. The minimum absolute atomic E-state index is 0.155. The van der Waals surface area contributed by atoms with Crippen molar-refractivity contribution in [1.82, 2.24) is 10.1 Å². The Balaban J connectivity index is 2.29. The minimum atomic E-state index is 0.155. The van der Waals surface area contributed by atoms with Gasteiger partial charge in [-0.1, -0.05) is 5.16 Å². The molecule has 0 radical (unpaired) electrons. The minimum Gasteiger partial charge on any atom is -0.506 e. The summed E-state index contributed by atoms with van der Waals surface area (Å²) < 4.78 is 9.80. The summed E-state index contributed by atoms with van der Waals surface area (Å²) in [6.45, 7) is 0.301. The summed E-state index contributed by atoms with van der Waals surface area (Å²) in [7, 11) is 1.55. The smallest absolute Gasteiger partial charge is 0.271 e. The van der Waals surface area contributed by atoms with Gasteiger partial charge in [0.25, 0.3) is 5.89 Å². The topological polar surface area (TPSA) is 68.4 Å². The monoisotopic (exact) mass is 212 g/mol. The van der Waals surface area contributed by atoms with E-state index in [0.29, 0.717) is 23.2 Å². The lowest BCUT2D eigenvalue weighted by atomic mass is 10.4. The maximum Gasteiger partial charge on any atom is 0.271 e. The van der Waals surface area contributed by atoms with Gasteiger partial charge in [-0.2, -0.15) is 4.98 Å². The van der Waals surface area contributed by atoms with Crippen LogP contribution in [0.3, 0.4) is 0 Å². The van der Waals surface area contributed by atoms with Crippen molar-refractivity contribution in [3.63, 3.8) is 0 Å². The summed E-state index contributed by atoms with van der Waals surface area (Å²) in [6, 6.07) is 1.58. The van der Waals surface area contributed by atoms with Crippen LogP contribution in [0.1, 0.15) is 5.82 Å². The normalized spacial score (nSPS) is 10.6. The molecular weight excluding hydrogens is 204 g/mol. The molecule has 0 aliphatic heterocycles. The molecule has 0 aromatic carbocycles. The van der Waals surface area contributed by atoms with Gasteiger partial charge < -0.3 is 14.4 Å². The standard InChI is InChI=1S/C8H8N2O3S/c1-12-4-6-9-8(13-10-6)7-5(11)2-3-14-7/h2-3,11H,4H2,1H3. The number of aromatic hydroxyl groups is 1. The lowest BCUT2D eigenvalue weighted by Crippen LogP contribution is -1.88. The second-order valence-electron chi connectivity index (χ2n) is 2.58. The summed E-state index contributed by atoms with van der Waals surface area (Å²) >= 11 is 1.35. The molecule has 0 atom stereocenters. The van der Waals surface area contributed by atoms with Crippen LogP contribution in [0.25, 0.3) is 10.8 Å². The Hall–Kier alpha value is -1.40. The number of thiophene rings is 1. The molecule has 0 unspecified atom stereocenters. The van der Waals surface area contributed by atoms with Crippen molar-refractivity contribution in [1.29, 1.82) is 0 Å². The fourth-order valence-corrected chi connectivity index (χ4v) is 1.70. The number of ether oxygens (including phenoxy) is 1. The van der Waals surface area contributed by atoms with Crippen molar-refractivity contribution in [2.75, 3.05) is 7.11 Å². The highest BCUT2D eigenvalue weighted by Crippen LogP contribution is 2.32. The van der Waals surface area contributed by atoms with E-state index < -0.39 is 0 Å². The summed E-state index contributed by atoms with van der Waals surface area (Å²) in [5.41, 5.74) is 0. The van der Waals surface area contributed by atoms with Crippen molar-refractivity contribution >= 4 is 11.3 Å². The van der Waals surface area contributed by atoms with Crippen LogP contribution < -0.4 is 0 Å². The van der Waals surface area contributed by atoms with Gasteiger partial charge in [-0.15, -0.1) is 11.3 Å². The molecule has 0 fully saturated rings. The van der Waals surface area contributed by atoms with Crippen LogP contribution in [-0.4, -0.2) is 22.4 Å². The highest BCUT2D eigenvalue weighted by atomic mass is 32.1. The van der Waals surface area contributed by atoms with Gasteiger partial charge in [0, 0.05) is 7.11 Å². The molecule has 6 heteroatoms. The third kappa shape index (κ3) is 1.61. The van der Waals surface area contributed by atoms with E-state index in [1.54, 1.807) is 18.6 Å². The van der Waals surface area contributed by atoms with Crippen molar-refractivity contribution < 1.29 is 14.4 Å². The third-order valence-corrected chi connectivity index (χ3v) is 2.47. The highest BCUT2D eigenvalue weighted by Gasteiger charge is 2.13. The first-order valence-electron chi connectivity index (χ1n) is 3.89. The highest BCUT2D eigenvalue weighted by molar-refractivity contribution is 7.13. The van der Waals surface area contributed by atoms with Crippen LogP contribution in [0.5, 0.6) is 5.75 Å². The van der Waals surface area contributed by atoms with E-state index in [0.717, 1.165) is 0 Å². The zero-order valence-corrected chi connectivity index (χ0v) is 8.24. The SMILES string of the molecule is COCc1noc(-c2sccc2O)n1. The van der Waals surface area contributed by atoms with E-state index in [-0.39, 0.29) is 5.75 Å². The quantitative estimate of drug-likeness (QED) is 0.837. The molecule has 0 saturated heterocycles. The first-order valence-corrected chi connectivity index (χ1v) is 4.77. The Bertz CT molecular complexity index is 424. The van der Waals surface area contributed by atoms with Crippen molar-refractivity contribution in [2.24, 2.45) is 0 Å². The predicted molar refractivity (Wildman–Crippen MR) is 50.0 cm³/mol. The van der Waals surface area contributed by atoms with Gasteiger partial charge in [-0.05, 0) is 11.4 Å². The number of aromatic nitrogens is 2. The van der Waals surface area contributed by atoms with Gasteiger partial charge in [0.2, 0.25) is 0 Å². The van der Waals surface area contributed by atoms with Crippen LogP contribution >= 0.6 is 11.3 Å². The zero-order chi connectivity index (χ0) is 9.97. The van der Waals surface area contributed by atoms with Crippen molar-refractivity contribution in [2.45, 2.75) is 6.61 Å². The molecule has 2 aromatic heterocycles. The van der Waals surface area contributed by atoms with E-state index in [9.17, 15) is 5.11 Å². The maximum atomic E-state index is 9.39. The molecule has 0 aliphatic carbocycles. The Labute approximate surface area is 84.0 Å². The van der Waals surface area contributed by atoms with Gasteiger partial charge >= 0.3 is 0 Å². The average Bonchev–Trinajstić information content (AvgIpc) is 2.74. The summed E-state index contributed by atoms with van der Waals surface area (Å²) in [5.74, 6) is 0.947. The molecule has 2 aromatic rings. The van der Waals surface area contributed by atoms with Crippen LogP contribution in [0.2, 0.25) is 0 Å². The van der Waals surface area contributed by atoms with Crippen molar-refractivity contribution in [3.8, 4) is 16.5 Å². The maximum absolute atomic E-state index is 9.39. The largest absolute Gasteiger partial charge is 0.506 e. The van der Waals surface area contributed by atoms with Crippen LogP contribution in [0.4, 0.5) is 0 Å².